The molecule has 3 unspecified atom stereocenters. The van der Waals surface area contributed by atoms with Gasteiger partial charge in [0, 0.05) is 12.8 Å². The monoisotopic (exact) mass is 750 g/mol. The van der Waals surface area contributed by atoms with Crippen molar-refractivity contribution >= 4 is 25.7 Å². The van der Waals surface area contributed by atoms with Crippen molar-refractivity contribution in [3.8, 4) is 0 Å². The van der Waals surface area contributed by atoms with Gasteiger partial charge in [-0.2, -0.15) is 0 Å². The summed E-state index contributed by atoms with van der Waals surface area (Å²) in [6.45, 7) is 2.57. The van der Waals surface area contributed by atoms with Crippen molar-refractivity contribution in [1.29, 1.82) is 0 Å². The number of aliphatic hydroxyl groups excluding tert-OH is 1. The predicted molar refractivity (Wildman–Crippen MR) is 204 cm³/mol. The van der Waals surface area contributed by atoms with Crippen molar-refractivity contribution in [3.63, 3.8) is 0 Å². The van der Waals surface area contributed by atoms with Gasteiger partial charge in [0.05, 0.1) is 13.2 Å². The van der Waals surface area contributed by atoms with E-state index in [0.717, 1.165) is 38.5 Å². The standard InChI is InChI=1S/C39H76NO10P/c1-3-5-7-9-11-13-14-15-16-17-18-19-20-21-23-25-27-29-31-38(43)48-32-35(41)33-49-51(46,47)50-34-36(39(44)45)40-37(42)30-28-26-24-22-12-10-8-6-4-2/h35-36,41H,3-34H2,1-2H3,(H,40,42)(H,44,45)(H,46,47). The van der Waals surface area contributed by atoms with Crippen molar-refractivity contribution in [2.45, 2.75) is 212 Å². The minimum atomic E-state index is -4.74. The smallest absolute Gasteiger partial charge is 0.472 e. The quantitative estimate of drug-likeness (QED) is 0.0270. The van der Waals surface area contributed by atoms with Crippen LogP contribution in [0, 0.1) is 0 Å². The fourth-order valence-electron chi connectivity index (χ4n) is 5.90. The summed E-state index contributed by atoms with van der Waals surface area (Å²) >= 11 is 0. The summed E-state index contributed by atoms with van der Waals surface area (Å²) in [7, 11) is -4.74. The van der Waals surface area contributed by atoms with E-state index >= 15 is 0 Å². The summed E-state index contributed by atoms with van der Waals surface area (Å²) in [5, 5.41) is 21.7. The van der Waals surface area contributed by atoms with E-state index in [-0.39, 0.29) is 12.8 Å². The highest BCUT2D eigenvalue weighted by molar-refractivity contribution is 7.47. The maximum absolute atomic E-state index is 12.2. The third-order valence-corrected chi connectivity index (χ3v) is 10.1. The normalized spacial score (nSPS) is 13.8. The van der Waals surface area contributed by atoms with Gasteiger partial charge in [0.2, 0.25) is 5.91 Å². The first-order chi connectivity index (χ1) is 24.6. The van der Waals surface area contributed by atoms with E-state index in [2.05, 4.69) is 19.2 Å². The Balaban J connectivity index is 3.83. The van der Waals surface area contributed by atoms with Crippen LogP contribution in [-0.4, -0.2) is 64.9 Å². The fourth-order valence-corrected chi connectivity index (χ4v) is 6.68. The average Bonchev–Trinajstić information content (AvgIpc) is 3.10. The first-order valence-corrected chi connectivity index (χ1v) is 22.1. The molecule has 0 saturated carbocycles. The van der Waals surface area contributed by atoms with Crippen LogP contribution in [0.25, 0.3) is 0 Å². The molecule has 0 spiro atoms. The van der Waals surface area contributed by atoms with Gasteiger partial charge >= 0.3 is 19.8 Å². The second kappa shape index (κ2) is 35.5. The van der Waals surface area contributed by atoms with Crippen molar-refractivity contribution in [1.82, 2.24) is 5.32 Å². The minimum absolute atomic E-state index is 0.150. The van der Waals surface area contributed by atoms with Gasteiger partial charge in [-0.25, -0.2) is 9.36 Å². The third kappa shape index (κ3) is 35.3. The zero-order chi connectivity index (χ0) is 37.8. The molecule has 0 radical (unpaired) electrons. The van der Waals surface area contributed by atoms with Crippen LogP contribution in [0.15, 0.2) is 0 Å². The zero-order valence-electron chi connectivity index (χ0n) is 32.4. The van der Waals surface area contributed by atoms with Gasteiger partial charge < -0.3 is 25.2 Å². The summed E-state index contributed by atoms with van der Waals surface area (Å²) in [5.74, 6) is -2.36. The number of carboxylic acid groups (broad SMARTS) is 1. The van der Waals surface area contributed by atoms with Gasteiger partial charge in [0.15, 0.2) is 6.04 Å². The Labute approximate surface area is 310 Å². The van der Waals surface area contributed by atoms with Crippen molar-refractivity contribution < 1.29 is 47.8 Å². The minimum Gasteiger partial charge on any atom is -0.480 e. The molecule has 0 aliphatic rings. The number of nitrogens with one attached hydrogen (secondary N) is 1. The summed E-state index contributed by atoms with van der Waals surface area (Å²) in [6.07, 6.45) is 31.5. The number of aliphatic carboxylic acids is 1. The van der Waals surface area contributed by atoms with Crippen molar-refractivity contribution in [3.05, 3.63) is 0 Å². The van der Waals surface area contributed by atoms with E-state index in [1.54, 1.807) is 0 Å². The number of amides is 1. The molecule has 0 heterocycles. The lowest BCUT2D eigenvalue weighted by molar-refractivity contribution is -0.147. The van der Waals surface area contributed by atoms with Crippen molar-refractivity contribution in [2.75, 3.05) is 19.8 Å². The van der Waals surface area contributed by atoms with Gasteiger partial charge in [-0.15, -0.1) is 0 Å². The van der Waals surface area contributed by atoms with Crippen LogP contribution in [0.5, 0.6) is 0 Å². The van der Waals surface area contributed by atoms with E-state index in [9.17, 15) is 34.1 Å². The van der Waals surface area contributed by atoms with Crippen LogP contribution in [-0.2, 0) is 32.7 Å². The van der Waals surface area contributed by atoms with Crippen LogP contribution in [0.1, 0.15) is 200 Å². The third-order valence-electron chi connectivity index (χ3n) is 9.15. The SMILES string of the molecule is CCCCCCCCCCCCCCCCCCCCC(=O)OCC(O)COP(=O)(O)OCC(NC(=O)CCCCCCCCCCC)C(=O)O. The molecule has 0 saturated heterocycles. The molecule has 302 valence electrons. The number of hydrogen-bond acceptors (Lipinski definition) is 8. The number of esters is 1. The highest BCUT2D eigenvalue weighted by Gasteiger charge is 2.28. The number of carbonyl (C=O) groups is 3. The number of carbonyl (C=O) groups excluding carboxylic acids is 2. The Morgan fingerprint density at radius 1 is 0.549 bits per heavy atom. The molecule has 0 aliphatic heterocycles. The summed E-state index contributed by atoms with van der Waals surface area (Å²) < 4.78 is 26.7. The number of hydrogen-bond donors (Lipinski definition) is 4. The van der Waals surface area contributed by atoms with E-state index in [1.807, 2.05) is 0 Å². The molecule has 0 fully saturated rings. The Kier molecular flexibility index (Phi) is 34.4. The Morgan fingerprint density at radius 2 is 0.902 bits per heavy atom. The van der Waals surface area contributed by atoms with E-state index in [1.165, 1.54) is 122 Å². The number of phosphoric ester groups is 1. The van der Waals surface area contributed by atoms with Crippen LogP contribution in [0.3, 0.4) is 0 Å². The fraction of sp³-hybridized carbons (Fsp3) is 0.923. The topological polar surface area (TPSA) is 169 Å². The Hall–Kier alpha value is -1.52. The molecule has 0 aliphatic carbocycles. The van der Waals surface area contributed by atoms with E-state index in [0.29, 0.717) is 12.8 Å². The van der Waals surface area contributed by atoms with Crippen LogP contribution in [0.4, 0.5) is 0 Å². The summed E-state index contributed by atoms with van der Waals surface area (Å²) in [6, 6.07) is -1.54. The largest absolute Gasteiger partial charge is 0.480 e. The molecule has 0 aromatic heterocycles. The highest BCUT2D eigenvalue weighted by Crippen LogP contribution is 2.43. The molecule has 4 N–H and O–H groups in total. The van der Waals surface area contributed by atoms with Gasteiger partial charge in [-0.1, -0.05) is 174 Å². The Bertz CT molecular complexity index is 890. The highest BCUT2D eigenvalue weighted by atomic mass is 31.2. The zero-order valence-corrected chi connectivity index (χ0v) is 33.3. The van der Waals surface area contributed by atoms with Gasteiger partial charge in [0.25, 0.3) is 0 Å². The lowest BCUT2D eigenvalue weighted by Crippen LogP contribution is -2.43. The van der Waals surface area contributed by atoms with Crippen LogP contribution in [0.2, 0.25) is 0 Å². The number of rotatable bonds is 39. The second-order valence-corrected chi connectivity index (χ2v) is 15.6. The average molecular weight is 750 g/mol. The molecule has 12 heteroatoms. The summed E-state index contributed by atoms with van der Waals surface area (Å²) in [5.41, 5.74) is 0. The lowest BCUT2D eigenvalue weighted by atomic mass is 10.0. The molecule has 51 heavy (non-hydrogen) atoms. The number of phosphoric acid groups is 1. The molecule has 0 aromatic rings. The van der Waals surface area contributed by atoms with E-state index < -0.39 is 57.6 Å². The number of carboxylic acids is 1. The number of ether oxygens (including phenoxy) is 1. The maximum Gasteiger partial charge on any atom is 0.472 e. The van der Waals surface area contributed by atoms with Gasteiger partial charge in [0.1, 0.15) is 12.7 Å². The molecule has 1 amide bonds. The molecule has 0 bridgehead atoms. The number of aliphatic hydroxyl groups is 1. The molecule has 0 rings (SSSR count). The summed E-state index contributed by atoms with van der Waals surface area (Å²) in [4.78, 5) is 45.6. The lowest BCUT2D eigenvalue weighted by Gasteiger charge is -2.18. The molecule has 11 nitrogen and oxygen atoms in total. The second-order valence-electron chi connectivity index (χ2n) is 14.2. The van der Waals surface area contributed by atoms with Crippen molar-refractivity contribution in [2.24, 2.45) is 0 Å². The molecular formula is C39H76NO10P. The van der Waals surface area contributed by atoms with Gasteiger partial charge in [-0.05, 0) is 12.8 Å². The van der Waals surface area contributed by atoms with Crippen LogP contribution >= 0.6 is 7.82 Å². The first-order valence-electron chi connectivity index (χ1n) is 20.6. The predicted octanol–water partition coefficient (Wildman–Crippen LogP) is 9.95. The Morgan fingerprint density at radius 3 is 1.29 bits per heavy atom. The van der Waals surface area contributed by atoms with Crippen LogP contribution < -0.4 is 5.32 Å². The van der Waals surface area contributed by atoms with E-state index in [4.69, 9.17) is 13.8 Å². The first kappa shape index (κ1) is 49.5. The molecule has 0 aromatic carbocycles. The molecular weight excluding hydrogens is 673 g/mol. The number of unbranched alkanes of at least 4 members (excludes halogenated alkanes) is 25. The molecule has 3 atom stereocenters. The van der Waals surface area contributed by atoms with Gasteiger partial charge in [-0.3, -0.25) is 18.6 Å². The maximum atomic E-state index is 12.2.